The first-order valence-corrected chi connectivity index (χ1v) is 6.06. The molecule has 1 amide bonds. The number of hydrogen-bond acceptors (Lipinski definition) is 2. The van der Waals surface area contributed by atoms with Gasteiger partial charge in [-0.05, 0) is 37.3 Å². The van der Waals surface area contributed by atoms with Gasteiger partial charge in [0.1, 0.15) is 0 Å². The van der Waals surface area contributed by atoms with E-state index in [2.05, 4.69) is 4.98 Å². The molecule has 1 aliphatic heterocycles. The van der Waals surface area contributed by atoms with Crippen molar-refractivity contribution in [1.29, 1.82) is 0 Å². The van der Waals surface area contributed by atoms with Gasteiger partial charge in [-0.1, -0.05) is 0 Å². The summed E-state index contributed by atoms with van der Waals surface area (Å²) in [7, 11) is 0. The number of nitrogens with zero attached hydrogens (tertiary/aromatic N) is 1. The largest absolute Gasteiger partial charge is 0.336 e. The van der Waals surface area contributed by atoms with Gasteiger partial charge in [0, 0.05) is 25.7 Å². The van der Waals surface area contributed by atoms with E-state index in [-0.39, 0.29) is 17.5 Å². The van der Waals surface area contributed by atoms with Crippen LogP contribution in [0.3, 0.4) is 0 Å². The summed E-state index contributed by atoms with van der Waals surface area (Å²) in [5, 5.41) is 0. The molecule has 1 aromatic rings. The molecule has 0 radical (unpaired) electrons. The van der Waals surface area contributed by atoms with E-state index in [1.807, 2.05) is 11.8 Å². The van der Waals surface area contributed by atoms with Gasteiger partial charge in [0.05, 0.1) is 6.04 Å². The third-order valence-corrected chi connectivity index (χ3v) is 3.44. The van der Waals surface area contributed by atoms with Crippen LogP contribution in [0.2, 0.25) is 0 Å². The highest BCUT2D eigenvalue weighted by atomic mass is 16.2. The summed E-state index contributed by atoms with van der Waals surface area (Å²) in [6.07, 6.45) is 4.93. The fourth-order valence-electron chi connectivity index (χ4n) is 2.58. The van der Waals surface area contributed by atoms with Crippen molar-refractivity contribution in [3.8, 4) is 0 Å². The van der Waals surface area contributed by atoms with Gasteiger partial charge in [0.15, 0.2) is 0 Å². The van der Waals surface area contributed by atoms with Gasteiger partial charge in [0.25, 0.3) is 0 Å². The van der Waals surface area contributed by atoms with Crippen LogP contribution in [-0.2, 0) is 4.79 Å². The van der Waals surface area contributed by atoms with Gasteiger partial charge in [0.2, 0.25) is 11.5 Å². The van der Waals surface area contributed by atoms with Crippen molar-refractivity contribution in [2.45, 2.75) is 39.2 Å². The molecule has 1 saturated heterocycles. The zero-order valence-corrected chi connectivity index (χ0v) is 10.3. The number of hydrogen-bond donors (Lipinski definition) is 1. The maximum atomic E-state index is 11.6. The maximum absolute atomic E-state index is 11.6. The molecular weight excluding hydrogens is 216 g/mol. The molecule has 1 N–H and O–H groups in total. The molecule has 2 rings (SSSR count). The van der Waals surface area contributed by atoms with Crippen molar-refractivity contribution in [3.63, 3.8) is 0 Å². The normalized spacial score (nSPS) is 20.4. The monoisotopic (exact) mass is 234 g/mol. The van der Waals surface area contributed by atoms with E-state index in [1.54, 1.807) is 19.2 Å². The number of carbonyl (C=O) groups is 1. The predicted octanol–water partition coefficient (Wildman–Crippen LogP) is 1.76. The molecule has 0 aliphatic carbocycles. The first-order valence-electron chi connectivity index (χ1n) is 6.06. The Balaban J connectivity index is 2.36. The number of likely N-dealkylation sites (tertiary alicyclic amines) is 1. The molecule has 0 bridgehead atoms. The number of piperidine rings is 1. The lowest BCUT2D eigenvalue weighted by atomic mass is 9.93. The minimum atomic E-state index is -0.0866. The minimum Gasteiger partial charge on any atom is -0.336 e. The van der Waals surface area contributed by atoms with E-state index in [1.165, 1.54) is 0 Å². The van der Waals surface area contributed by atoms with Crippen molar-refractivity contribution < 1.29 is 4.79 Å². The summed E-state index contributed by atoms with van der Waals surface area (Å²) >= 11 is 0. The fraction of sp³-hybridized carbons (Fsp3) is 0.538. The highest BCUT2D eigenvalue weighted by Crippen LogP contribution is 2.31. The third-order valence-electron chi connectivity index (χ3n) is 3.44. The molecule has 1 fully saturated rings. The Morgan fingerprint density at radius 1 is 1.47 bits per heavy atom. The fourth-order valence-corrected chi connectivity index (χ4v) is 2.58. The van der Waals surface area contributed by atoms with Crippen LogP contribution < -0.4 is 5.56 Å². The number of H-pyrrole nitrogens is 1. The lowest BCUT2D eigenvalue weighted by Crippen LogP contribution is -2.37. The van der Waals surface area contributed by atoms with Gasteiger partial charge in [-0.15, -0.1) is 0 Å². The number of aromatic amines is 1. The molecule has 0 unspecified atom stereocenters. The molecule has 17 heavy (non-hydrogen) atoms. The second kappa shape index (κ2) is 4.73. The van der Waals surface area contributed by atoms with Crippen molar-refractivity contribution in [1.82, 2.24) is 9.88 Å². The molecule has 4 heteroatoms. The van der Waals surface area contributed by atoms with Gasteiger partial charge < -0.3 is 9.88 Å². The lowest BCUT2D eigenvalue weighted by Gasteiger charge is -2.36. The number of aromatic nitrogens is 1. The molecule has 92 valence electrons. The van der Waals surface area contributed by atoms with Gasteiger partial charge >= 0.3 is 0 Å². The SMILES string of the molecule is CC(=O)N1CCCC[C@H]1c1c[nH]c(=O)cc1C. The van der Waals surface area contributed by atoms with Crippen molar-refractivity contribution >= 4 is 5.91 Å². The van der Waals surface area contributed by atoms with Crippen LogP contribution in [0.5, 0.6) is 0 Å². The lowest BCUT2D eigenvalue weighted by molar-refractivity contribution is -0.132. The minimum absolute atomic E-state index is 0.0866. The zero-order chi connectivity index (χ0) is 12.4. The second-order valence-electron chi connectivity index (χ2n) is 4.66. The predicted molar refractivity (Wildman–Crippen MR) is 65.8 cm³/mol. The Morgan fingerprint density at radius 3 is 2.88 bits per heavy atom. The van der Waals surface area contributed by atoms with E-state index >= 15 is 0 Å². The molecule has 2 heterocycles. The maximum Gasteiger partial charge on any atom is 0.248 e. The van der Waals surface area contributed by atoms with Crippen molar-refractivity contribution in [2.24, 2.45) is 0 Å². The average Bonchev–Trinajstić information content (AvgIpc) is 2.29. The Labute approximate surface area is 101 Å². The first kappa shape index (κ1) is 11.9. The van der Waals surface area contributed by atoms with Crippen LogP contribution in [-0.4, -0.2) is 22.3 Å². The van der Waals surface area contributed by atoms with Crippen LogP contribution in [0.1, 0.15) is 43.4 Å². The highest BCUT2D eigenvalue weighted by Gasteiger charge is 2.26. The van der Waals surface area contributed by atoms with Gasteiger partial charge in [-0.25, -0.2) is 0 Å². The Hall–Kier alpha value is -1.58. The first-order chi connectivity index (χ1) is 8.09. The molecule has 0 spiro atoms. The standard InChI is InChI=1S/C13H18N2O2/c1-9-7-13(17)14-8-11(9)12-5-3-4-6-15(12)10(2)16/h7-8,12H,3-6H2,1-2H3,(H,14,17)/t12-/m0/s1. The molecule has 0 aromatic carbocycles. The number of carbonyl (C=O) groups excluding carboxylic acids is 1. The molecule has 1 aromatic heterocycles. The van der Waals surface area contributed by atoms with Crippen LogP contribution in [0.4, 0.5) is 0 Å². The number of pyridine rings is 1. The van der Waals surface area contributed by atoms with E-state index in [4.69, 9.17) is 0 Å². The van der Waals surface area contributed by atoms with Crippen molar-refractivity contribution in [2.75, 3.05) is 6.54 Å². The Morgan fingerprint density at radius 2 is 2.24 bits per heavy atom. The van der Waals surface area contributed by atoms with Crippen LogP contribution in [0.25, 0.3) is 0 Å². The quantitative estimate of drug-likeness (QED) is 0.805. The zero-order valence-electron chi connectivity index (χ0n) is 10.3. The molecule has 1 aliphatic rings. The van der Waals surface area contributed by atoms with Gasteiger partial charge in [-0.3, -0.25) is 9.59 Å². The Kier molecular flexibility index (Phi) is 3.31. The van der Waals surface area contributed by atoms with Crippen LogP contribution >= 0.6 is 0 Å². The second-order valence-corrected chi connectivity index (χ2v) is 4.66. The topological polar surface area (TPSA) is 53.2 Å². The number of nitrogens with one attached hydrogen (secondary N) is 1. The average molecular weight is 234 g/mol. The van der Waals surface area contributed by atoms with Crippen LogP contribution in [0, 0.1) is 6.92 Å². The number of aryl methyl sites for hydroxylation is 1. The highest BCUT2D eigenvalue weighted by molar-refractivity contribution is 5.74. The molecular formula is C13H18N2O2. The van der Waals surface area contributed by atoms with E-state index in [9.17, 15) is 9.59 Å². The number of amides is 1. The smallest absolute Gasteiger partial charge is 0.248 e. The molecule has 0 saturated carbocycles. The summed E-state index contributed by atoms with van der Waals surface area (Å²) in [6, 6.07) is 1.72. The summed E-state index contributed by atoms with van der Waals surface area (Å²) in [5.74, 6) is 0.111. The van der Waals surface area contributed by atoms with Crippen LogP contribution in [0.15, 0.2) is 17.1 Å². The van der Waals surface area contributed by atoms with Gasteiger partial charge in [-0.2, -0.15) is 0 Å². The summed E-state index contributed by atoms with van der Waals surface area (Å²) in [4.78, 5) is 27.4. The Bertz CT molecular complexity index is 479. The molecule has 4 nitrogen and oxygen atoms in total. The summed E-state index contributed by atoms with van der Waals surface area (Å²) in [6.45, 7) is 4.36. The summed E-state index contributed by atoms with van der Waals surface area (Å²) in [5.41, 5.74) is 1.95. The number of rotatable bonds is 1. The van der Waals surface area contributed by atoms with Crippen molar-refractivity contribution in [3.05, 3.63) is 33.7 Å². The van der Waals surface area contributed by atoms with E-state index in [0.717, 1.165) is 36.9 Å². The summed E-state index contributed by atoms with van der Waals surface area (Å²) < 4.78 is 0. The van der Waals surface area contributed by atoms with E-state index in [0.29, 0.717) is 0 Å². The third kappa shape index (κ3) is 2.40. The van der Waals surface area contributed by atoms with E-state index < -0.39 is 0 Å². The molecule has 1 atom stereocenters.